The first-order valence-corrected chi connectivity index (χ1v) is 11.2. The van der Waals surface area contributed by atoms with Gasteiger partial charge in [-0.1, -0.05) is 70.2 Å². The first-order chi connectivity index (χ1) is 12.8. The molecule has 0 radical (unpaired) electrons. The lowest BCUT2D eigenvalue weighted by Gasteiger charge is -2.26. The topological polar surface area (TPSA) is 9.23 Å². The maximum atomic E-state index is 5.82. The molecule has 1 saturated carbocycles. The molecule has 0 aliphatic heterocycles. The minimum Gasteiger partial charge on any atom is -0.494 e. The van der Waals surface area contributed by atoms with E-state index < -0.39 is 0 Å². The smallest absolute Gasteiger partial charge is 0.119 e. The maximum absolute atomic E-state index is 5.82. The third kappa shape index (κ3) is 8.43. The first-order valence-electron chi connectivity index (χ1n) is 11.2. The highest BCUT2D eigenvalue weighted by Gasteiger charge is 2.18. The van der Waals surface area contributed by atoms with Gasteiger partial charge in [0.25, 0.3) is 0 Å². The SMILES string of the molecule is CCCCCCOc1ccc(CCC=C[C@H]2CC[C@H](CCC)CC2)cc1. The summed E-state index contributed by atoms with van der Waals surface area (Å²) in [7, 11) is 0. The van der Waals surface area contributed by atoms with Crippen LogP contribution in [0, 0.1) is 11.8 Å². The number of aryl methyl sites for hydroxylation is 1. The van der Waals surface area contributed by atoms with E-state index in [4.69, 9.17) is 4.74 Å². The van der Waals surface area contributed by atoms with E-state index in [1.54, 1.807) is 0 Å². The van der Waals surface area contributed by atoms with Crippen molar-refractivity contribution in [1.29, 1.82) is 0 Å². The number of unbranched alkanes of at least 4 members (excludes halogenated alkanes) is 3. The molecule has 1 heteroatoms. The molecule has 1 fully saturated rings. The maximum Gasteiger partial charge on any atom is 0.119 e. The summed E-state index contributed by atoms with van der Waals surface area (Å²) in [5, 5.41) is 0. The Kier molecular flexibility index (Phi) is 10.5. The molecule has 0 spiro atoms. The van der Waals surface area contributed by atoms with E-state index in [1.807, 2.05) is 0 Å². The highest BCUT2D eigenvalue weighted by atomic mass is 16.5. The molecular weight excluding hydrogens is 316 g/mol. The van der Waals surface area contributed by atoms with Crippen LogP contribution in [0.25, 0.3) is 0 Å². The Bertz CT molecular complexity index is 479. The van der Waals surface area contributed by atoms with Crippen molar-refractivity contribution in [3.63, 3.8) is 0 Å². The summed E-state index contributed by atoms with van der Waals surface area (Å²) in [4.78, 5) is 0. The molecule has 0 atom stereocenters. The van der Waals surface area contributed by atoms with Gasteiger partial charge in [-0.15, -0.1) is 0 Å². The summed E-state index contributed by atoms with van der Waals surface area (Å²) < 4.78 is 5.82. The number of hydrogen-bond acceptors (Lipinski definition) is 1. The summed E-state index contributed by atoms with van der Waals surface area (Å²) in [6.07, 6.45) is 20.8. The molecule has 0 heterocycles. The second-order valence-corrected chi connectivity index (χ2v) is 8.09. The molecule has 0 aromatic heterocycles. The van der Waals surface area contributed by atoms with Gasteiger partial charge in [0, 0.05) is 0 Å². The summed E-state index contributed by atoms with van der Waals surface area (Å²) >= 11 is 0. The molecule has 0 saturated heterocycles. The molecule has 0 unspecified atom stereocenters. The zero-order valence-corrected chi connectivity index (χ0v) is 17.2. The van der Waals surface area contributed by atoms with Crippen LogP contribution in [0.15, 0.2) is 36.4 Å². The van der Waals surface area contributed by atoms with Crippen molar-refractivity contribution < 1.29 is 4.74 Å². The quantitative estimate of drug-likeness (QED) is 0.275. The van der Waals surface area contributed by atoms with E-state index >= 15 is 0 Å². The molecule has 1 aromatic rings. The monoisotopic (exact) mass is 356 g/mol. The molecule has 1 nitrogen and oxygen atoms in total. The van der Waals surface area contributed by atoms with Crippen molar-refractivity contribution in [2.45, 2.75) is 90.9 Å². The first kappa shape index (κ1) is 21.1. The van der Waals surface area contributed by atoms with Gasteiger partial charge in [-0.2, -0.15) is 0 Å². The lowest BCUT2D eigenvalue weighted by molar-refractivity contribution is 0.294. The minimum atomic E-state index is 0.839. The Labute approximate surface area is 162 Å². The van der Waals surface area contributed by atoms with Crippen LogP contribution >= 0.6 is 0 Å². The van der Waals surface area contributed by atoms with Gasteiger partial charge in [0.2, 0.25) is 0 Å². The Hall–Kier alpha value is -1.24. The molecule has 26 heavy (non-hydrogen) atoms. The average Bonchev–Trinajstić information content (AvgIpc) is 2.68. The van der Waals surface area contributed by atoms with Crippen molar-refractivity contribution in [2.75, 3.05) is 6.61 Å². The van der Waals surface area contributed by atoms with Gasteiger partial charge in [-0.05, 0) is 74.5 Å². The Balaban J connectivity index is 1.59. The predicted molar refractivity (Wildman–Crippen MR) is 114 cm³/mol. The molecule has 1 aromatic carbocycles. The summed E-state index contributed by atoms with van der Waals surface area (Å²) in [6.45, 7) is 5.41. The van der Waals surface area contributed by atoms with Crippen LogP contribution < -0.4 is 4.74 Å². The number of rotatable bonds is 12. The fraction of sp³-hybridized carbons (Fsp3) is 0.680. The highest BCUT2D eigenvalue weighted by Crippen LogP contribution is 2.32. The average molecular weight is 357 g/mol. The number of allylic oxidation sites excluding steroid dienone is 2. The van der Waals surface area contributed by atoms with Crippen LogP contribution in [-0.2, 0) is 6.42 Å². The van der Waals surface area contributed by atoms with Crippen molar-refractivity contribution in [3.05, 3.63) is 42.0 Å². The van der Waals surface area contributed by atoms with Crippen LogP contribution in [-0.4, -0.2) is 6.61 Å². The second kappa shape index (κ2) is 13.0. The Morgan fingerprint density at radius 2 is 1.69 bits per heavy atom. The molecule has 1 aliphatic rings. The van der Waals surface area contributed by atoms with Gasteiger partial charge >= 0.3 is 0 Å². The van der Waals surface area contributed by atoms with Crippen molar-refractivity contribution in [1.82, 2.24) is 0 Å². The Morgan fingerprint density at radius 1 is 0.923 bits per heavy atom. The standard InChI is InChI=1S/C25H40O/c1-3-5-6-9-21-26-25-19-17-24(18-20-25)12-8-7-11-23-15-13-22(10-4-2)14-16-23/h7,11,17-20,22-23H,3-6,8-10,12-16,21H2,1-2H3/t22-,23-. The third-order valence-corrected chi connectivity index (χ3v) is 5.79. The third-order valence-electron chi connectivity index (χ3n) is 5.79. The summed E-state index contributed by atoms with van der Waals surface area (Å²) in [6, 6.07) is 8.72. The molecule has 0 amide bonds. The minimum absolute atomic E-state index is 0.839. The van der Waals surface area contributed by atoms with Crippen molar-refractivity contribution in [2.24, 2.45) is 11.8 Å². The van der Waals surface area contributed by atoms with Gasteiger partial charge in [0.1, 0.15) is 5.75 Å². The zero-order valence-electron chi connectivity index (χ0n) is 17.2. The molecule has 1 aliphatic carbocycles. The van der Waals surface area contributed by atoms with E-state index in [-0.39, 0.29) is 0 Å². The van der Waals surface area contributed by atoms with Gasteiger partial charge < -0.3 is 4.74 Å². The summed E-state index contributed by atoms with van der Waals surface area (Å²) in [5.41, 5.74) is 1.42. The lowest BCUT2D eigenvalue weighted by Crippen LogP contribution is -2.12. The molecule has 146 valence electrons. The fourth-order valence-corrected chi connectivity index (χ4v) is 4.09. The molecular formula is C25H40O. The molecule has 2 rings (SSSR count). The number of hydrogen-bond donors (Lipinski definition) is 0. The normalized spacial score (nSPS) is 20.5. The number of benzene rings is 1. The van der Waals surface area contributed by atoms with Crippen LogP contribution in [0.3, 0.4) is 0 Å². The predicted octanol–water partition coefficient (Wildman–Crippen LogP) is 7.74. The van der Waals surface area contributed by atoms with Crippen molar-refractivity contribution in [3.8, 4) is 5.75 Å². The fourth-order valence-electron chi connectivity index (χ4n) is 4.09. The molecule has 0 N–H and O–H groups in total. The van der Waals surface area contributed by atoms with Crippen LogP contribution in [0.2, 0.25) is 0 Å². The van der Waals surface area contributed by atoms with Crippen LogP contribution in [0.4, 0.5) is 0 Å². The lowest BCUT2D eigenvalue weighted by atomic mass is 9.80. The highest BCUT2D eigenvalue weighted by molar-refractivity contribution is 5.27. The Morgan fingerprint density at radius 3 is 2.38 bits per heavy atom. The largest absolute Gasteiger partial charge is 0.494 e. The molecule has 0 bridgehead atoms. The summed E-state index contributed by atoms with van der Waals surface area (Å²) in [5.74, 6) is 2.87. The van der Waals surface area contributed by atoms with E-state index in [9.17, 15) is 0 Å². The van der Waals surface area contributed by atoms with Crippen LogP contribution in [0.5, 0.6) is 5.75 Å². The van der Waals surface area contributed by atoms with E-state index in [2.05, 4.69) is 50.3 Å². The van der Waals surface area contributed by atoms with Crippen molar-refractivity contribution >= 4 is 0 Å². The van der Waals surface area contributed by atoms with Gasteiger partial charge in [-0.25, -0.2) is 0 Å². The van der Waals surface area contributed by atoms with E-state index in [1.165, 1.54) is 69.8 Å². The van der Waals surface area contributed by atoms with Gasteiger partial charge in [0.15, 0.2) is 0 Å². The van der Waals surface area contributed by atoms with Gasteiger partial charge in [0.05, 0.1) is 6.61 Å². The second-order valence-electron chi connectivity index (χ2n) is 8.09. The van der Waals surface area contributed by atoms with E-state index in [0.717, 1.165) is 37.0 Å². The zero-order chi connectivity index (χ0) is 18.5. The van der Waals surface area contributed by atoms with Crippen LogP contribution in [0.1, 0.15) is 90.0 Å². The van der Waals surface area contributed by atoms with Gasteiger partial charge in [-0.3, -0.25) is 0 Å². The number of ether oxygens (including phenoxy) is 1. The van der Waals surface area contributed by atoms with E-state index in [0.29, 0.717) is 0 Å².